The minimum atomic E-state index is -5.15. The third-order valence-corrected chi connectivity index (χ3v) is 6.61. The monoisotopic (exact) mass is 482 g/mol. The van der Waals surface area contributed by atoms with Gasteiger partial charge in [0.05, 0.1) is 5.97 Å². The zero-order valence-corrected chi connectivity index (χ0v) is 25.2. The van der Waals surface area contributed by atoms with Gasteiger partial charge in [0.25, 0.3) is 10.1 Å². The molecule has 166 valence electrons. The zero-order chi connectivity index (χ0) is 21.6. The van der Waals surface area contributed by atoms with E-state index < -0.39 is 32.7 Å². The molecule has 1 atom stereocenters. The summed E-state index contributed by atoms with van der Waals surface area (Å²) >= 11 is 0. The van der Waals surface area contributed by atoms with Crippen molar-refractivity contribution in [2.24, 2.45) is 5.41 Å². The number of rotatable bonds is 18. The molecule has 7 nitrogen and oxygen atoms in total. The summed E-state index contributed by atoms with van der Waals surface area (Å²) in [4.78, 5) is 23.5. The Morgan fingerprint density at radius 1 is 0.800 bits per heavy atom. The number of carboxylic acid groups (broad SMARTS) is 2. The van der Waals surface area contributed by atoms with Gasteiger partial charge in [-0.3, -0.25) is 4.55 Å². The molecule has 0 aliphatic rings. The number of hydrogen-bond acceptors (Lipinski definition) is 6. The molecule has 0 amide bonds. The van der Waals surface area contributed by atoms with Crippen LogP contribution in [0.15, 0.2) is 0 Å². The Labute approximate surface area is 247 Å². The summed E-state index contributed by atoms with van der Waals surface area (Å²) in [6.07, 6.45) is 9.57. The zero-order valence-electron chi connectivity index (χ0n) is 19.3. The molecule has 0 spiro atoms. The van der Waals surface area contributed by atoms with Crippen LogP contribution in [0.1, 0.15) is 104 Å². The molecular formula is C20H36KNaO7S. The van der Waals surface area contributed by atoms with Crippen molar-refractivity contribution >= 4 is 22.1 Å². The van der Waals surface area contributed by atoms with Crippen molar-refractivity contribution in [3.05, 3.63) is 0 Å². The molecule has 0 saturated heterocycles. The van der Waals surface area contributed by atoms with Crippen molar-refractivity contribution in [3.8, 4) is 0 Å². The van der Waals surface area contributed by atoms with E-state index in [9.17, 15) is 32.8 Å². The molecule has 0 saturated carbocycles. The normalized spacial score (nSPS) is 12.5. The second-order valence-corrected chi connectivity index (χ2v) is 9.19. The van der Waals surface area contributed by atoms with Crippen molar-refractivity contribution in [2.75, 3.05) is 0 Å². The number of carbonyl (C=O) groups excluding carboxylic acids is 2. The van der Waals surface area contributed by atoms with E-state index in [0.29, 0.717) is 25.7 Å². The van der Waals surface area contributed by atoms with Crippen molar-refractivity contribution in [1.29, 1.82) is 0 Å². The van der Waals surface area contributed by atoms with E-state index in [4.69, 9.17) is 0 Å². The van der Waals surface area contributed by atoms with Gasteiger partial charge in [-0.2, -0.15) is 8.42 Å². The molecule has 30 heavy (non-hydrogen) atoms. The Bertz CT molecular complexity index is 554. The summed E-state index contributed by atoms with van der Waals surface area (Å²) in [5.74, 6) is -3.84. The Morgan fingerprint density at radius 3 is 1.40 bits per heavy atom. The molecule has 1 unspecified atom stereocenters. The van der Waals surface area contributed by atoms with Gasteiger partial charge in [-0.25, -0.2) is 0 Å². The summed E-state index contributed by atoms with van der Waals surface area (Å²) in [5.41, 5.74) is -2.18. The Balaban J connectivity index is -0.00000364. The standard InChI is InChI=1S/C20H38O7S.K.Na/c1-3-5-7-9-11-13-15-20(19(23)24,16-14-12-10-8-6-4-2)17(18(21)22)28(25,26)27;;/h17H,3-16H2,1-2H3,(H,21,22)(H,23,24)(H,25,26,27);;/q;2*+1/p-2. The molecule has 1 N–H and O–H groups in total. The SMILES string of the molecule is CCCCCCCCC(CCCCCCCC)(C(=O)[O-])C(C(=O)[O-])S(=O)(=O)O.[K+].[Na+]. The molecular weight excluding hydrogens is 446 g/mol. The van der Waals surface area contributed by atoms with Gasteiger partial charge >= 0.3 is 80.9 Å². The van der Waals surface area contributed by atoms with Gasteiger partial charge in [0.2, 0.25) is 0 Å². The van der Waals surface area contributed by atoms with Crippen LogP contribution in [-0.4, -0.2) is 30.2 Å². The second-order valence-electron chi connectivity index (χ2n) is 7.69. The van der Waals surface area contributed by atoms with E-state index in [0.717, 1.165) is 51.4 Å². The van der Waals surface area contributed by atoms with Gasteiger partial charge < -0.3 is 19.8 Å². The maximum absolute atomic E-state index is 12.0. The molecule has 0 fully saturated rings. The van der Waals surface area contributed by atoms with Crippen LogP contribution in [0.25, 0.3) is 0 Å². The van der Waals surface area contributed by atoms with E-state index in [-0.39, 0.29) is 93.8 Å². The number of unbranched alkanes of at least 4 members (excludes halogenated alkanes) is 10. The van der Waals surface area contributed by atoms with Crippen LogP contribution in [0, 0.1) is 5.41 Å². The third-order valence-electron chi connectivity index (χ3n) is 5.37. The van der Waals surface area contributed by atoms with Crippen LogP contribution >= 0.6 is 0 Å². The molecule has 0 aliphatic carbocycles. The van der Waals surface area contributed by atoms with Crippen LogP contribution in [0.5, 0.6) is 0 Å². The molecule has 0 aromatic rings. The fourth-order valence-corrected chi connectivity index (χ4v) is 4.92. The first kappa shape index (κ1) is 36.1. The average molecular weight is 483 g/mol. The van der Waals surface area contributed by atoms with Gasteiger partial charge in [0.15, 0.2) is 0 Å². The van der Waals surface area contributed by atoms with Crippen molar-refractivity contribution < 1.29 is 114 Å². The predicted octanol–water partition coefficient (Wildman–Crippen LogP) is -3.76. The Kier molecular flexibility index (Phi) is 23.9. The van der Waals surface area contributed by atoms with E-state index in [1.54, 1.807) is 0 Å². The van der Waals surface area contributed by atoms with Crippen LogP contribution in [0.2, 0.25) is 0 Å². The van der Waals surface area contributed by atoms with E-state index >= 15 is 0 Å². The quantitative estimate of drug-likeness (QED) is 0.120. The summed E-state index contributed by atoms with van der Waals surface area (Å²) in [7, 11) is -5.15. The number of carboxylic acids is 2. The van der Waals surface area contributed by atoms with Gasteiger partial charge in [0, 0.05) is 11.4 Å². The minimum absolute atomic E-state index is 0. The van der Waals surface area contributed by atoms with Crippen molar-refractivity contribution in [3.63, 3.8) is 0 Å². The maximum Gasteiger partial charge on any atom is 1.00 e. The van der Waals surface area contributed by atoms with Crippen LogP contribution in [0.4, 0.5) is 0 Å². The van der Waals surface area contributed by atoms with Gasteiger partial charge in [-0.05, 0) is 12.8 Å². The third kappa shape index (κ3) is 13.9. The van der Waals surface area contributed by atoms with Crippen molar-refractivity contribution in [2.45, 2.75) is 109 Å². The number of aliphatic carboxylic acids is 2. The van der Waals surface area contributed by atoms with E-state index in [1.165, 1.54) is 0 Å². The first-order valence-electron chi connectivity index (χ1n) is 10.5. The fourth-order valence-electron chi connectivity index (χ4n) is 3.77. The summed E-state index contributed by atoms with van der Waals surface area (Å²) in [6, 6.07) is 0. The molecule has 0 aromatic heterocycles. The summed E-state index contributed by atoms with van der Waals surface area (Å²) in [5, 5.41) is 21.0. The molecule has 0 heterocycles. The summed E-state index contributed by atoms with van der Waals surface area (Å²) in [6.45, 7) is 4.14. The Hall–Kier alpha value is 1.49. The molecule has 0 aliphatic heterocycles. The average Bonchev–Trinajstić information content (AvgIpc) is 2.58. The summed E-state index contributed by atoms with van der Waals surface area (Å²) < 4.78 is 32.9. The Morgan fingerprint density at radius 2 is 1.13 bits per heavy atom. The molecule has 10 heteroatoms. The molecule has 0 radical (unpaired) electrons. The van der Waals surface area contributed by atoms with Crippen LogP contribution in [0.3, 0.4) is 0 Å². The van der Waals surface area contributed by atoms with Crippen molar-refractivity contribution in [1.82, 2.24) is 0 Å². The molecule has 0 bridgehead atoms. The van der Waals surface area contributed by atoms with E-state index in [1.807, 2.05) is 0 Å². The number of carbonyl (C=O) groups is 2. The molecule has 0 rings (SSSR count). The van der Waals surface area contributed by atoms with Gasteiger partial charge in [-0.15, -0.1) is 0 Å². The fraction of sp³-hybridized carbons (Fsp3) is 0.900. The van der Waals surface area contributed by atoms with Crippen LogP contribution in [-0.2, 0) is 19.7 Å². The van der Waals surface area contributed by atoms with E-state index in [2.05, 4.69) is 13.8 Å². The first-order valence-corrected chi connectivity index (χ1v) is 12.0. The van der Waals surface area contributed by atoms with Crippen LogP contribution < -0.4 is 91.2 Å². The minimum Gasteiger partial charge on any atom is -0.549 e. The second kappa shape index (κ2) is 19.9. The predicted molar refractivity (Wildman–Crippen MR) is 104 cm³/mol. The maximum atomic E-state index is 12.0. The van der Waals surface area contributed by atoms with Gasteiger partial charge in [0.1, 0.15) is 5.25 Å². The largest absolute Gasteiger partial charge is 1.00 e. The topological polar surface area (TPSA) is 135 Å². The molecule has 0 aromatic carbocycles. The number of hydrogen-bond donors (Lipinski definition) is 1. The van der Waals surface area contributed by atoms with Gasteiger partial charge in [-0.1, -0.05) is 90.9 Å². The first-order chi connectivity index (χ1) is 13.1. The smallest absolute Gasteiger partial charge is 0.549 e.